The smallest absolute Gasteiger partial charge is 0.462 e. The molecule has 0 amide bonds. The second-order valence-electron chi connectivity index (χ2n) is 28.9. The molecule has 3 N–H and O–H groups in total. The molecule has 0 aliphatic heterocycles. The zero-order chi connectivity index (χ0) is 71.9. The van der Waals surface area contributed by atoms with Crippen molar-refractivity contribution in [2.45, 2.75) is 438 Å². The van der Waals surface area contributed by atoms with Gasteiger partial charge in [-0.3, -0.25) is 37.3 Å². The zero-order valence-corrected chi connectivity index (χ0v) is 65.7. The number of aliphatic hydroxyl groups excluding tert-OH is 1. The van der Waals surface area contributed by atoms with E-state index in [0.29, 0.717) is 31.6 Å². The Balaban J connectivity index is 5.21. The van der Waals surface area contributed by atoms with Gasteiger partial charge in [0.05, 0.1) is 26.4 Å². The molecule has 0 radical (unpaired) electrons. The van der Waals surface area contributed by atoms with E-state index in [4.69, 9.17) is 37.0 Å². The first-order valence-electron chi connectivity index (χ1n) is 41.1. The molecule has 0 rings (SSSR count). The number of unbranched alkanes of at least 4 members (excludes halogenated alkanes) is 51. The summed E-state index contributed by atoms with van der Waals surface area (Å²) in [6.45, 7) is 7.23. The van der Waals surface area contributed by atoms with Crippen LogP contribution in [0.15, 0.2) is 0 Å². The maximum absolute atomic E-state index is 13.1. The highest BCUT2D eigenvalue weighted by atomic mass is 31.2. The van der Waals surface area contributed by atoms with Crippen LogP contribution in [0.5, 0.6) is 0 Å². The molecular formula is C79H154O17P2. The van der Waals surface area contributed by atoms with E-state index in [9.17, 15) is 43.2 Å². The minimum Gasteiger partial charge on any atom is -0.462 e. The molecule has 0 aromatic rings. The monoisotopic (exact) mass is 1440 g/mol. The lowest BCUT2D eigenvalue weighted by Gasteiger charge is -2.21. The number of carbonyl (C=O) groups excluding carboxylic acids is 4. The minimum atomic E-state index is -4.96. The summed E-state index contributed by atoms with van der Waals surface area (Å²) in [6, 6.07) is 0. The zero-order valence-electron chi connectivity index (χ0n) is 63.9. The average Bonchev–Trinajstić information content (AvgIpc) is 1.72. The summed E-state index contributed by atoms with van der Waals surface area (Å²) in [7, 11) is -9.91. The van der Waals surface area contributed by atoms with Crippen LogP contribution >= 0.6 is 15.6 Å². The lowest BCUT2D eigenvalue weighted by atomic mass is 10.0. The molecule has 0 aliphatic rings. The third kappa shape index (κ3) is 72.4. The van der Waals surface area contributed by atoms with Crippen LogP contribution in [0.25, 0.3) is 0 Å². The fraction of sp³-hybridized carbons (Fsp3) is 0.949. The van der Waals surface area contributed by atoms with Crippen LogP contribution < -0.4 is 0 Å². The number of rotatable bonds is 79. The van der Waals surface area contributed by atoms with Crippen molar-refractivity contribution in [2.75, 3.05) is 39.6 Å². The number of esters is 4. The highest BCUT2D eigenvalue weighted by Gasteiger charge is 2.30. The molecule has 0 saturated heterocycles. The first-order chi connectivity index (χ1) is 47.5. The van der Waals surface area contributed by atoms with E-state index in [-0.39, 0.29) is 25.7 Å². The van der Waals surface area contributed by atoms with E-state index in [1.807, 2.05) is 0 Å². The number of phosphoric ester groups is 2. The number of phosphoric acid groups is 2. The van der Waals surface area contributed by atoms with E-state index >= 15 is 0 Å². The maximum Gasteiger partial charge on any atom is 0.472 e. The average molecular weight is 1440 g/mol. The second-order valence-corrected chi connectivity index (χ2v) is 31.8. The number of ether oxygens (including phenoxy) is 4. The predicted octanol–water partition coefficient (Wildman–Crippen LogP) is 23.6. The Kier molecular flexibility index (Phi) is 70.6. The molecule has 19 heteroatoms. The molecule has 0 saturated carbocycles. The van der Waals surface area contributed by atoms with E-state index in [2.05, 4.69) is 34.6 Å². The Labute approximate surface area is 600 Å². The first kappa shape index (κ1) is 96.1. The summed E-state index contributed by atoms with van der Waals surface area (Å²) in [6.07, 6.45) is 62.6. The molecule has 0 aliphatic carbocycles. The Morgan fingerprint density at radius 2 is 0.469 bits per heavy atom. The largest absolute Gasteiger partial charge is 0.472 e. The van der Waals surface area contributed by atoms with Crippen molar-refractivity contribution in [1.82, 2.24) is 0 Å². The summed E-state index contributed by atoms with van der Waals surface area (Å²) in [5, 5.41) is 10.6. The molecule has 5 atom stereocenters. The summed E-state index contributed by atoms with van der Waals surface area (Å²) in [4.78, 5) is 72.9. The molecule has 0 aromatic heterocycles. The third-order valence-electron chi connectivity index (χ3n) is 18.5. The SMILES string of the molecule is CCCCCCCCCCCCCCCCCCCCCC(=O)O[C@H](COC(=O)CCCCCCCCCCCCCCCCCCCC)COP(=O)(O)OC[C@@H](O)COP(=O)(O)OC[C@@H](COC(=O)CCCCCCCCC(C)C)OC(=O)CCCCCCCCCCCCCC. The topological polar surface area (TPSA) is 237 Å². The van der Waals surface area contributed by atoms with Crippen LogP contribution in [0.4, 0.5) is 0 Å². The molecular weight excluding hydrogens is 1280 g/mol. The third-order valence-corrected chi connectivity index (χ3v) is 20.4. The summed E-state index contributed by atoms with van der Waals surface area (Å²) in [5.74, 6) is -1.43. The van der Waals surface area contributed by atoms with Crippen LogP contribution in [-0.2, 0) is 65.4 Å². The summed E-state index contributed by atoms with van der Waals surface area (Å²) >= 11 is 0. The highest BCUT2D eigenvalue weighted by Crippen LogP contribution is 2.45. The molecule has 0 bridgehead atoms. The fourth-order valence-corrected chi connectivity index (χ4v) is 13.8. The van der Waals surface area contributed by atoms with Crippen molar-refractivity contribution in [3.05, 3.63) is 0 Å². The second kappa shape index (κ2) is 72.0. The summed E-state index contributed by atoms with van der Waals surface area (Å²) in [5.41, 5.74) is 0. The van der Waals surface area contributed by atoms with Crippen molar-refractivity contribution in [2.24, 2.45) is 5.92 Å². The molecule has 0 heterocycles. The molecule has 0 spiro atoms. The van der Waals surface area contributed by atoms with Gasteiger partial charge in [0.1, 0.15) is 19.3 Å². The lowest BCUT2D eigenvalue weighted by Crippen LogP contribution is -2.30. The molecule has 0 fully saturated rings. The highest BCUT2D eigenvalue weighted by molar-refractivity contribution is 7.47. The van der Waals surface area contributed by atoms with Gasteiger partial charge in [0.2, 0.25) is 0 Å². The van der Waals surface area contributed by atoms with Crippen molar-refractivity contribution < 1.29 is 80.2 Å². The number of hydrogen-bond acceptors (Lipinski definition) is 15. The van der Waals surface area contributed by atoms with E-state index < -0.39 is 97.5 Å². The van der Waals surface area contributed by atoms with E-state index in [1.54, 1.807) is 0 Å². The Hall–Kier alpha value is -1.94. The Morgan fingerprint density at radius 1 is 0.276 bits per heavy atom. The van der Waals surface area contributed by atoms with Gasteiger partial charge in [-0.25, -0.2) is 9.13 Å². The normalized spacial score (nSPS) is 13.9. The minimum absolute atomic E-state index is 0.107. The number of carbonyl (C=O) groups is 4. The molecule has 17 nitrogen and oxygen atoms in total. The van der Waals surface area contributed by atoms with Crippen LogP contribution in [0.1, 0.15) is 420 Å². The molecule has 2 unspecified atom stereocenters. The predicted molar refractivity (Wildman–Crippen MR) is 400 cm³/mol. The lowest BCUT2D eigenvalue weighted by molar-refractivity contribution is -0.161. The van der Waals surface area contributed by atoms with Crippen molar-refractivity contribution in [3.63, 3.8) is 0 Å². The fourth-order valence-electron chi connectivity index (χ4n) is 12.2. The molecule has 582 valence electrons. The van der Waals surface area contributed by atoms with E-state index in [1.165, 1.54) is 238 Å². The molecule has 98 heavy (non-hydrogen) atoms. The Morgan fingerprint density at radius 3 is 0.694 bits per heavy atom. The Bertz CT molecular complexity index is 1870. The van der Waals surface area contributed by atoms with Gasteiger partial charge in [0, 0.05) is 25.7 Å². The van der Waals surface area contributed by atoms with E-state index in [0.717, 1.165) is 96.3 Å². The first-order valence-corrected chi connectivity index (χ1v) is 44.1. The number of aliphatic hydroxyl groups is 1. The number of hydrogen-bond donors (Lipinski definition) is 3. The maximum atomic E-state index is 13.1. The van der Waals surface area contributed by atoms with Crippen LogP contribution in [-0.4, -0.2) is 96.7 Å². The molecule has 0 aromatic carbocycles. The van der Waals surface area contributed by atoms with Gasteiger partial charge in [0.15, 0.2) is 12.2 Å². The van der Waals surface area contributed by atoms with Gasteiger partial charge < -0.3 is 33.8 Å². The summed E-state index contributed by atoms with van der Waals surface area (Å²) < 4.78 is 68.6. The van der Waals surface area contributed by atoms with Crippen molar-refractivity contribution >= 4 is 39.5 Å². The van der Waals surface area contributed by atoms with Gasteiger partial charge in [-0.15, -0.1) is 0 Å². The van der Waals surface area contributed by atoms with Gasteiger partial charge in [0.25, 0.3) is 0 Å². The van der Waals surface area contributed by atoms with Gasteiger partial charge in [-0.1, -0.05) is 369 Å². The van der Waals surface area contributed by atoms with Crippen molar-refractivity contribution in [1.29, 1.82) is 0 Å². The van der Waals surface area contributed by atoms with Gasteiger partial charge >= 0.3 is 39.5 Å². The van der Waals surface area contributed by atoms with Crippen LogP contribution in [0.2, 0.25) is 0 Å². The van der Waals surface area contributed by atoms with Gasteiger partial charge in [-0.05, 0) is 31.6 Å². The van der Waals surface area contributed by atoms with Gasteiger partial charge in [-0.2, -0.15) is 0 Å². The van der Waals surface area contributed by atoms with Crippen LogP contribution in [0, 0.1) is 5.92 Å². The van der Waals surface area contributed by atoms with Crippen molar-refractivity contribution in [3.8, 4) is 0 Å². The van der Waals surface area contributed by atoms with Crippen LogP contribution in [0.3, 0.4) is 0 Å². The standard InChI is InChI=1S/C79H154O17P2/c1-6-9-12-15-18-21-24-27-29-31-33-35-37-39-42-45-48-55-60-65-79(84)95-74(68-89-76(81)62-57-52-46-43-41-38-36-34-32-30-28-25-22-19-16-13-10-7-2)70-93-97(85,86)91-66-73(80)67-92-98(87,88)94-71-75(69-90-77(82)63-58-53-50-49-51-56-61-72(4)5)96-78(83)64-59-54-47-44-40-26-23-20-17-14-11-8-3/h72-75,80H,6-71H2,1-5H3,(H,85,86)(H,87,88)/t73-,74-,75-/m1/s1. The quantitative estimate of drug-likeness (QED) is 0.0222.